The summed E-state index contributed by atoms with van der Waals surface area (Å²) in [5.74, 6) is 2.05. The molecule has 148 valence electrons. The van der Waals surface area contributed by atoms with E-state index in [0.717, 1.165) is 50.1 Å². The Bertz CT molecular complexity index is 664. The van der Waals surface area contributed by atoms with Crippen LogP contribution in [0.15, 0.2) is 18.2 Å². The highest BCUT2D eigenvalue weighted by atomic mass is 16.5. The maximum absolute atomic E-state index is 12.5. The van der Waals surface area contributed by atoms with Gasteiger partial charge in [0, 0.05) is 31.5 Å². The van der Waals surface area contributed by atoms with E-state index < -0.39 is 0 Å². The number of carbonyl (C=O) groups excluding carboxylic acids is 2. The molecule has 1 aromatic rings. The summed E-state index contributed by atoms with van der Waals surface area (Å²) in [7, 11) is 1.62. The summed E-state index contributed by atoms with van der Waals surface area (Å²) in [6.45, 7) is 3.97. The number of benzene rings is 1. The minimum atomic E-state index is 0.176. The zero-order valence-electron chi connectivity index (χ0n) is 16.3. The molecule has 2 fully saturated rings. The van der Waals surface area contributed by atoms with Gasteiger partial charge in [-0.15, -0.1) is 0 Å². The van der Waals surface area contributed by atoms with Crippen molar-refractivity contribution in [2.75, 3.05) is 26.8 Å². The van der Waals surface area contributed by atoms with Crippen LogP contribution in [0, 0.1) is 5.92 Å². The largest absolute Gasteiger partial charge is 0.493 e. The van der Waals surface area contributed by atoms with E-state index in [9.17, 15) is 9.59 Å². The number of hydrogen-bond donors (Lipinski definition) is 1. The molecule has 0 atom stereocenters. The fourth-order valence-corrected chi connectivity index (χ4v) is 3.49. The second-order valence-electron chi connectivity index (χ2n) is 7.36. The van der Waals surface area contributed by atoms with Gasteiger partial charge in [-0.25, -0.2) is 0 Å². The molecule has 3 rings (SSSR count). The predicted octanol–water partition coefficient (Wildman–Crippen LogP) is 2.54. The van der Waals surface area contributed by atoms with Crippen LogP contribution in [0.3, 0.4) is 0 Å². The van der Waals surface area contributed by atoms with E-state index >= 15 is 0 Å². The Labute approximate surface area is 161 Å². The van der Waals surface area contributed by atoms with Crippen LogP contribution in [-0.2, 0) is 16.0 Å². The zero-order chi connectivity index (χ0) is 19.2. The Morgan fingerprint density at radius 2 is 1.89 bits per heavy atom. The Hall–Kier alpha value is -2.24. The topological polar surface area (TPSA) is 67.9 Å². The molecular weight excluding hydrogens is 344 g/mol. The Morgan fingerprint density at radius 3 is 2.52 bits per heavy atom. The molecule has 1 aromatic carbocycles. The first-order valence-electron chi connectivity index (χ1n) is 9.98. The van der Waals surface area contributed by atoms with E-state index in [1.54, 1.807) is 7.11 Å². The van der Waals surface area contributed by atoms with E-state index in [-0.39, 0.29) is 23.8 Å². The number of piperidine rings is 1. The van der Waals surface area contributed by atoms with Gasteiger partial charge in [0.1, 0.15) is 0 Å². The first kappa shape index (κ1) is 19.5. The summed E-state index contributed by atoms with van der Waals surface area (Å²) in [5, 5.41) is 3.12. The Balaban J connectivity index is 1.43. The molecule has 27 heavy (non-hydrogen) atoms. The molecule has 1 N–H and O–H groups in total. The first-order chi connectivity index (χ1) is 13.1. The molecule has 1 aliphatic carbocycles. The van der Waals surface area contributed by atoms with Gasteiger partial charge in [-0.3, -0.25) is 9.59 Å². The van der Waals surface area contributed by atoms with Crippen molar-refractivity contribution in [1.82, 2.24) is 10.2 Å². The van der Waals surface area contributed by atoms with Crippen molar-refractivity contribution in [3.8, 4) is 11.5 Å². The summed E-state index contributed by atoms with van der Waals surface area (Å²) in [6.07, 6.45) is 4.91. The quantitative estimate of drug-likeness (QED) is 0.759. The molecule has 0 unspecified atom stereocenters. The predicted molar refractivity (Wildman–Crippen MR) is 103 cm³/mol. The van der Waals surface area contributed by atoms with Crippen molar-refractivity contribution in [2.45, 2.75) is 51.5 Å². The minimum Gasteiger partial charge on any atom is -0.493 e. The van der Waals surface area contributed by atoms with Gasteiger partial charge in [0.25, 0.3) is 0 Å². The van der Waals surface area contributed by atoms with E-state index in [2.05, 4.69) is 5.32 Å². The lowest BCUT2D eigenvalue weighted by molar-refractivity contribution is -0.132. The summed E-state index contributed by atoms with van der Waals surface area (Å²) in [6, 6.07) is 6.05. The Kier molecular flexibility index (Phi) is 6.58. The van der Waals surface area contributed by atoms with E-state index in [4.69, 9.17) is 9.47 Å². The Morgan fingerprint density at radius 1 is 1.15 bits per heavy atom. The number of nitrogens with zero attached hydrogens (tertiary/aromatic N) is 1. The maximum atomic E-state index is 12.5. The standard InChI is InChI=1S/C21H30N2O4/c1-3-27-18-8-4-15(14-19(18)26-2)5-9-20(24)23-12-10-17(11-13-23)22-21(25)16-6-7-16/h4,8,14,16-17H,3,5-7,9-13H2,1-2H3,(H,22,25). The number of aryl methyl sites for hydroxylation is 1. The number of ether oxygens (including phenoxy) is 2. The van der Waals surface area contributed by atoms with Crippen molar-refractivity contribution in [3.63, 3.8) is 0 Å². The van der Waals surface area contributed by atoms with E-state index in [1.807, 2.05) is 30.0 Å². The lowest BCUT2D eigenvalue weighted by atomic mass is 10.0. The van der Waals surface area contributed by atoms with Crippen molar-refractivity contribution in [3.05, 3.63) is 23.8 Å². The average Bonchev–Trinajstić information content (AvgIpc) is 3.53. The van der Waals surface area contributed by atoms with E-state index in [1.165, 1.54) is 0 Å². The third-order valence-electron chi connectivity index (χ3n) is 5.30. The molecule has 0 aromatic heterocycles. The fourth-order valence-electron chi connectivity index (χ4n) is 3.49. The van der Waals surface area contributed by atoms with Crippen molar-refractivity contribution < 1.29 is 19.1 Å². The second-order valence-corrected chi connectivity index (χ2v) is 7.36. The van der Waals surface area contributed by atoms with Gasteiger partial charge in [-0.1, -0.05) is 6.07 Å². The second kappa shape index (κ2) is 9.11. The summed E-state index contributed by atoms with van der Waals surface area (Å²) in [4.78, 5) is 26.3. The molecule has 2 aliphatic rings. The normalized spacial score (nSPS) is 17.5. The molecule has 6 nitrogen and oxygen atoms in total. The highest BCUT2D eigenvalue weighted by Gasteiger charge is 2.32. The smallest absolute Gasteiger partial charge is 0.223 e. The molecular formula is C21H30N2O4. The zero-order valence-corrected chi connectivity index (χ0v) is 16.3. The molecule has 0 radical (unpaired) electrons. The molecule has 1 saturated heterocycles. The summed E-state index contributed by atoms with van der Waals surface area (Å²) in [5.41, 5.74) is 1.07. The van der Waals surface area contributed by atoms with Gasteiger partial charge in [-0.2, -0.15) is 0 Å². The van der Waals surface area contributed by atoms with Crippen LogP contribution in [0.4, 0.5) is 0 Å². The van der Waals surface area contributed by atoms with Gasteiger partial charge in [0.2, 0.25) is 11.8 Å². The maximum Gasteiger partial charge on any atom is 0.223 e. The highest BCUT2D eigenvalue weighted by molar-refractivity contribution is 5.81. The van der Waals surface area contributed by atoms with Crippen molar-refractivity contribution in [1.29, 1.82) is 0 Å². The van der Waals surface area contributed by atoms with Crippen molar-refractivity contribution >= 4 is 11.8 Å². The SMILES string of the molecule is CCOc1ccc(CCC(=O)N2CCC(NC(=O)C3CC3)CC2)cc1OC. The lowest BCUT2D eigenvalue weighted by Crippen LogP contribution is -2.47. The molecule has 2 amide bonds. The third-order valence-corrected chi connectivity index (χ3v) is 5.30. The number of hydrogen-bond acceptors (Lipinski definition) is 4. The van der Waals surface area contributed by atoms with Gasteiger partial charge in [0.15, 0.2) is 11.5 Å². The molecule has 6 heteroatoms. The van der Waals surface area contributed by atoms with Gasteiger partial charge < -0.3 is 19.7 Å². The van der Waals surface area contributed by atoms with Crippen LogP contribution in [0.2, 0.25) is 0 Å². The summed E-state index contributed by atoms with van der Waals surface area (Å²) < 4.78 is 10.9. The molecule has 0 spiro atoms. The number of methoxy groups -OCH3 is 1. The first-order valence-corrected chi connectivity index (χ1v) is 9.98. The average molecular weight is 374 g/mol. The number of carbonyl (C=O) groups is 2. The van der Waals surface area contributed by atoms with Crippen LogP contribution in [0.25, 0.3) is 0 Å². The monoisotopic (exact) mass is 374 g/mol. The lowest BCUT2D eigenvalue weighted by Gasteiger charge is -2.32. The molecule has 1 saturated carbocycles. The van der Waals surface area contributed by atoms with Gasteiger partial charge in [0.05, 0.1) is 13.7 Å². The van der Waals surface area contributed by atoms with Crippen molar-refractivity contribution in [2.24, 2.45) is 5.92 Å². The molecule has 1 aliphatic heterocycles. The van der Waals surface area contributed by atoms with Crippen LogP contribution >= 0.6 is 0 Å². The number of likely N-dealkylation sites (tertiary alicyclic amines) is 1. The fraction of sp³-hybridized carbons (Fsp3) is 0.619. The minimum absolute atomic E-state index is 0.176. The van der Waals surface area contributed by atoms with Crippen LogP contribution in [0.5, 0.6) is 11.5 Å². The third kappa shape index (κ3) is 5.37. The molecule has 1 heterocycles. The number of rotatable bonds is 8. The van der Waals surface area contributed by atoms with Crippen LogP contribution in [-0.4, -0.2) is 49.6 Å². The number of nitrogens with one attached hydrogen (secondary N) is 1. The van der Waals surface area contributed by atoms with Crippen LogP contribution < -0.4 is 14.8 Å². The van der Waals surface area contributed by atoms with Crippen LogP contribution in [0.1, 0.15) is 44.6 Å². The van der Waals surface area contributed by atoms with E-state index in [0.29, 0.717) is 25.2 Å². The van der Waals surface area contributed by atoms with Gasteiger partial charge >= 0.3 is 0 Å². The summed E-state index contributed by atoms with van der Waals surface area (Å²) >= 11 is 0. The molecule has 0 bridgehead atoms. The highest BCUT2D eigenvalue weighted by Crippen LogP contribution is 2.30. The number of amides is 2. The van der Waals surface area contributed by atoms with Gasteiger partial charge in [-0.05, 0) is 56.7 Å².